The first kappa shape index (κ1) is 35.8. The summed E-state index contributed by atoms with van der Waals surface area (Å²) >= 11 is 0. The highest BCUT2D eigenvalue weighted by Gasteiger charge is 2.53. The largest absolute Gasteiger partial charge is 0.464 e. The molecule has 1 fully saturated rings. The van der Waals surface area contributed by atoms with Gasteiger partial charge in [0.15, 0.2) is 17.1 Å². The number of aromatic nitrogens is 4. The van der Waals surface area contributed by atoms with E-state index in [9.17, 15) is 14.2 Å². The van der Waals surface area contributed by atoms with Crippen LogP contribution >= 0.6 is 7.75 Å². The van der Waals surface area contributed by atoms with Gasteiger partial charge in [0.2, 0.25) is 0 Å². The molecule has 5 atom stereocenters. The van der Waals surface area contributed by atoms with Gasteiger partial charge in [-0.25, -0.2) is 19.5 Å². The Morgan fingerprint density at radius 3 is 2.53 bits per heavy atom. The number of fused-ring (bicyclic) bond motifs is 1. The highest BCUT2D eigenvalue weighted by molar-refractivity contribution is 7.52. The number of nitrogens with zero attached hydrogens (tertiary/aromatic N) is 4. The van der Waals surface area contributed by atoms with Crippen LogP contribution in [0.25, 0.3) is 11.2 Å². The molecule has 47 heavy (non-hydrogen) atoms. The highest BCUT2D eigenvalue weighted by atomic mass is 31.2. The minimum atomic E-state index is -4.36. The van der Waals surface area contributed by atoms with Gasteiger partial charge in [0.25, 0.3) is 0 Å². The molecule has 0 spiro atoms. The number of nitrogens with two attached hydrogens (primary N) is 1. The van der Waals surface area contributed by atoms with Crippen LogP contribution < -0.4 is 15.3 Å². The lowest BCUT2D eigenvalue weighted by atomic mass is 9.98. The summed E-state index contributed by atoms with van der Waals surface area (Å²) in [6, 6.07) is 7.22. The van der Waals surface area contributed by atoms with Crippen LogP contribution in [0.15, 0.2) is 36.7 Å². The number of carbonyl (C=O) groups excluding carboxylic acids is 2. The summed E-state index contributed by atoms with van der Waals surface area (Å²) in [5, 5.41) is 2.67. The molecule has 0 aliphatic carbocycles. The van der Waals surface area contributed by atoms with Crippen LogP contribution in [-0.4, -0.2) is 62.4 Å². The monoisotopic (exact) mass is 670 g/mol. The molecule has 0 bridgehead atoms. The molecule has 2 aromatic heterocycles. The second-order valence-electron chi connectivity index (χ2n) is 11.7. The van der Waals surface area contributed by atoms with Crippen LogP contribution in [0.1, 0.15) is 65.9 Å². The minimum Gasteiger partial charge on any atom is -0.464 e. The van der Waals surface area contributed by atoms with Crippen LogP contribution in [0.2, 0.25) is 0 Å². The predicted octanol–water partition coefficient (Wildman–Crippen LogP) is 4.74. The lowest BCUT2D eigenvalue weighted by Gasteiger charge is -2.31. The highest BCUT2D eigenvalue weighted by Crippen LogP contribution is 2.48. The number of imidazole rings is 1. The quantitative estimate of drug-likeness (QED) is 0.129. The summed E-state index contributed by atoms with van der Waals surface area (Å²) in [6.07, 6.45) is 7.44. The maximum Gasteiger partial charge on any atom is 0.459 e. The second kappa shape index (κ2) is 15.3. The molecule has 1 aromatic carbocycles. The zero-order valence-electron chi connectivity index (χ0n) is 27.5. The topological polar surface area (TPSA) is 179 Å². The fraction of sp³-hybridized carbons (Fsp3) is 0.531. The van der Waals surface area contributed by atoms with Crippen LogP contribution in [-0.2, 0) is 32.9 Å². The first-order chi connectivity index (χ1) is 22.3. The number of anilines is 1. The number of benzene rings is 1. The number of ether oxygens (including phenoxy) is 3. The number of rotatable bonds is 15. The van der Waals surface area contributed by atoms with Crippen molar-refractivity contribution in [2.75, 3.05) is 18.9 Å². The first-order valence-electron chi connectivity index (χ1n) is 15.6. The van der Waals surface area contributed by atoms with Gasteiger partial charge in [-0.05, 0) is 31.9 Å². The Hall–Kier alpha value is -4.02. The smallest absolute Gasteiger partial charge is 0.459 e. The molecule has 0 amide bonds. The number of esters is 2. The Labute approximate surface area is 274 Å². The predicted molar refractivity (Wildman–Crippen MR) is 174 cm³/mol. The molecule has 14 nitrogen and oxygen atoms in total. The molecule has 0 radical (unpaired) electrons. The second-order valence-corrected chi connectivity index (χ2v) is 13.4. The third kappa shape index (κ3) is 8.48. The number of nitrogen functional groups attached to an aromatic ring is 1. The zero-order chi connectivity index (χ0) is 34.4. The number of hydrogen-bond acceptors (Lipinski definition) is 12. The average molecular weight is 671 g/mol. The summed E-state index contributed by atoms with van der Waals surface area (Å²) in [4.78, 5) is 38.7. The van der Waals surface area contributed by atoms with E-state index in [4.69, 9.17) is 35.4 Å². The number of aryl methyl sites for hydroxylation is 1. The summed E-state index contributed by atoms with van der Waals surface area (Å²) < 4.78 is 45.4. The Morgan fingerprint density at radius 1 is 1.19 bits per heavy atom. The minimum absolute atomic E-state index is 0.0798. The molecule has 0 saturated carbocycles. The molecule has 254 valence electrons. The van der Waals surface area contributed by atoms with Gasteiger partial charge in [-0.3, -0.25) is 18.7 Å². The van der Waals surface area contributed by atoms with Gasteiger partial charge < -0.3 is 24.5 Å². The van der Waals surface area contributed by atoms with E-state index in [-0.39, 0.29) is 30.5 Å². The Morgan fingerprint density at radius 2 is 1.89 bits per heavy atom. The number of terminal acetylenes is 1. The van der Waals surface area contributed by atoms with E-state index in [1.165, 1.54) is 13.3 Å². The van der Waals surface area contributed by atoms with Gasteiger partial charge in [-0.15, -0.1) is 6.42 Å². The van der Waals surface area contributed by atoms with Gasteiger partial charge in [0.05, 0.1) is 18.9 Å². The van der Waals surface area contributed by atoms with Crippen molar-refractivity contribution in [1.82, 2.24) is 24.6 Å². The molecule has 1 aliphatic rings. The standard InChI is InChI=1S/C32H43N6O8P/c1-8-23(9-2)17-42-31(40)21(6)37-47(41,46-24-14-12-11-13-15-24)43-18-32(10-3)25(44-30(39)20(4)5)16-26(45-32)38-19-34-27-28(33)35-22(7)36-29(27)38/h3,11-15,19-21,23,25-26H,8-9,16-18H2,1-2,4-7H3,(H,37,41)(H2,33,35,36)/t21-,25-,26+,32+,47?/m0/s1. The number of carbonyl (C=O) groups is 2. The van der Waals surface area contributed by atoms with Crippen molar-refractivity contribution in [1.29, 1.82) is 0 Å². The van der Waals surface area contributed by atoms with E-state index in [1.807, 2.05) is 13.8 Å². The van der Waals surface area contributed by atoms with Crippen LogP contribution in [0, 0.1) is 31.1 Å². The molecule has 1 saturated heterocycles. The molecule has 15 heteroatoms. The van der Waals surface area contributed by atoms with Crippen molar-refractivity contribution in [2.45, 2.75) is 84.8 Å². The number of nitrogens with one attached hydrogen (secondary N) is 1. The summed E-state index contributed by atoms with van der Waals surface area (Å²) in [7, 11) is -4.36. The molecule has 4 rings (SSSR count). The fourth-order valence-electron chi connectivity index (χ4n) is 4.92. The van der Waals surface area contributed by atoms with Crippen molar-refractivity contribution in [3.05, 3.63) is 42.5 Å². The maximum absolute atomic E-state index is 14.3. The van der Waals surface area contributed by atoms with E-state index in [2.05, 4.69) is 26.0 Å². The normalized spacial score (nSPS) is 21.3. The van der Waals surface area contributed by atoms with E-state index < -0.39 is 56.2 Å². The van der Waals surface area contributed by atoms with Gasteiger partial charge in [-0.1, -0.05) is 64.7 Å². The zero-order valence-corrected chi connectivity index (χ0v) is 28.4. The van der Waals surface area contributed by atoms with Crippen molar-refractivity contribution in [3.8, 4) is 18.1 Å². The van der Waals surface area contributed by atoms with Crippen molar-refractivity contribution in [3.63, 3.8) is 0 Å². The van der Waals surface area contributed by atoms with Crippen LogP contribution in [0.4, 0.5) is 5.82 Å². The SMILES string of the molecule is C#C[C@]1(COP(=O)(N[C@@H](C)C(=O)OCC(CC)CC)Oc2ccccc2)O[C@@H](n2cnc3c(N)nc(C)nc32)C[C@@H]1OC(=O)C(C)C. The lowest BCUT2D eigenvalue weighted by Crippen LogP contribution is -2.46. The molecule has 3 N–H and O–H groups in total. The Bertz CT molecular complexity index is 1640. The van der Waals surface area contributed by atoms with Gasteiger partial charge >= 0.3 is 19.7 Å². The summed E-state index contributed by atoms with van der Waals surface area (Å²) in [6.45, 7) is 10.3. The Kier molecular flexibility index (Phi) is 11.6. The Balaban J connectivity index is 1.63. The van der Waals surface area contributed by atoms with Gasteiger partial charge in [0.1, 0.15) is 42.1 Å². The maximum atomic E-state index is 14.3. The molecule has 3 aromatic rings. The van der Waals surface area contributed by atoms with E-state index >= 15 is 0 Å². The molecule has 1 aliphatic heterocycles. The van der Waals surface area contributed by atoms with Gasteiger partial charge in [0, 0.05) is 6.42 Å². The number of hydrogen-bond donors (Lipinski definition) is 2. The average Bonchev–Trinajstić information content (AvgIpc) is 3.62. The van der Waals surface area contributed by atoms with E-state index in [0.29, 0.717) is 17.0 Å². The van der Waals surface area contributed by atoms with E-state index in [1.54, 1.807) is 55.7 Å². The van der Waals surface area contributed by atoms with E-state index in [0.717, 1.165) is 12.8 Å². The lowest BCUT2D eigenvalue weighted by molar-refractivity contribution is -0.161. The third-order valence-corrected chi connectivity index (χ3v) is 9.49. The molecular weight excluding hydrogens is 627 g/mol. The summed E-state index contributed by atoms with van der Waals surface area (Å²) in [5.41, 5.74) is 5.08. The van der Waals surface area contributed by atoms with Crippen molar-refractivity contribution >= 4 is 36.7 Å². The fourth-order valence-corrected chi connectivity index (χ4v) is 6.44. The van der Waals surface area contributed by atoms with Gasteiger partial charge in [-0.2, -0.15) is 5.09 Å². The van der Waals surface area contributed by atoms with Crippen LogP contribution in [0.3, 0.4) is 0 Å². The third-order valence-electron chi connectivity index (χ3n) is 7.87. The molecule has 3 heterocycles. The van der Waals surface area contributed by atoms with Crippen LogP contribution in [0.5, 0.6) is 5.75 Å². The first-order valence-corrected chi connectivity index (χ1v) is 17.1. The molecular formula is C32H43N6O8P. The van der Waals surface area contributed by atoms with Crippen molar-refractivity contribution in [2.24, 2.45) is 11.8 Å². The molecule has 1 unspecified atom stereocenters. The van der Waals surface area contributed by atoms with Crippen molar-refractivity contribution < 1.29 is 37.4 Å². The summed E-state index contributed by atoms with van der Waals surface area (Å²) in [5.74, 6) is 1.97. The number of para-hydroxylation sites is 1.